The fourth-order valence-corrected chi connectivity index (χ4v) is 1.98. The van der Waals surface area contributed by atoms with Crippen molar-refractivity contribution in [2.75, 3.05) is 6.61 Å². The van der Waals surface area contributed by atoms with Gasteiger partial charge in [0.2, 0.25) is 0 Å². The van der Waals surface area contributed by atoms with Gasteiger partial charge in [-0.05, 0) is 38.0 Å². The number of carboxylic acids is 1. The lowest BCUT2D eigenvalue weighted by Crippen LogP contribution is -2.48. The maximum Gasteiger partial charge on any atom is 0.323 e. The number of ether oxygens (including phenoxy) is 1. The van der Waals surface area contributed by atoms with Crippen molar-refractivity contribution in [3.63, 3.8) is 0 Å². The molecule has 0 saturated heterocycles. The monoisotopic (exact) mass is 265 g/mol. The smallest absolute Gasteiger partial charge is 0.323 e. The van der Waals surface area contributed by atoms with E-state index in [1.807, 2.05) is 38.1 Å². The third-order valence-corrected chi connectivity index (χ3v) is 3.11. The van der Waals surface area contributed by atoms with E-state index in [1.54, 1.807) is 6.92 Å². The minimum atomic E-state index is -0.879. The molecule has 1 unspecified atom stereocenters. The minimum Gasteiger partial charge on any atom is -0.494 e. The molecule has 0 heterocycles. The Hall–Kier alpha value is -1.55. The van der Waals surface area contributed by atoms with E-state index >= 15 is 0 Å². The first kappa shape index (κ1) is 15.5. The van der Waals surface area contributed by atoms with E-state index in [9.17, 15) is 9.90 Å². The topological polar surface area (TPSA) is 58.6 Å². The molecule has 0 aromatic heterocycles. The standard InChI is InChI=1S/C15H23NO3/c1-4-9-15(3,14(17)18)16-11-12-7-6-8-13(10-12)19-5-2/h6-8,10,16H,4-5,9,11H2,1-3H3,(H,17,18). The molecule has 4 nitrogen and oxygen atoms in total. The molecule has 0 fully saturated rings. The van der Waals surface area contributed by atoms with Gasteiger partial charge in [-0.2, -0.15) is 0 Å². The van der Waals surface area contributed by atoms with Crippen molar-refractivity contribution in [2.45, 2.75) is 45.7 Å². The van der Waals surface area contributed by atoms with Gasteiger partial charge in [0.1, 0.15) is 11.3 Å². The first-order valence-corrected chi connectivity index (χ1v) is 6.72. The van der Waals surface area contributed by atoms with Crippen LogP contribution in [-0.4, -0.2) is 23.2 Å². The molecule has 106 valence electrons. The van der Waals surface area contributed by atoms with Gasteiger partial charge in [-0.15, -0.1) is 0 Å². The molecule has 0 radical (unpaired) electrons. The number of carbonyl (C=O) groups is 1. The second kappa shape index (κ2) is 7.14. The lowest BCUT2D eigenvalue weighted by atomic mass is 9.96. The summed E-state index contributed by atoms with van der Waals surface area (Å²) in [4.78, 5) is 11.3. The molecule has 0 amide bonds. The summed E-state index contributed by atoms with van der Waals surface area (Å²) in [6.45, 7) is 6.79. The first-order chi connectivity index (χ1) is 9.01. The van der Waals surface area contributed by atoms with Crippen molar-refractivity contribution < 1.29 is 14.6 Å². The zero-order valence-corrected chi connectivity index (χ0v) is 11.9. The lowest BCUT2D eigenvalue weighted by molar-refractivity contribution is -0.144. The summed E-state index contributed by atoms with van der Waals surface area (Å²) in [7, 11) is 0. The third-order valence-electron chi connectivity index (χ3n) is 3.11. The predicted molar refractivity (Wildman–Crippen MR) is 75.4 cm³/mol. The summed E-state index contributed by atoms with van der Waals surface area (Å²) in [5.74, 6) is 0.00429. The summed E-state index contributed by atoms with van der Waals surface area (Å²) < 4.78 is 5.43. The number of rotatable bonds is 8. The van der Waals surface area contributed by atoms with Crippen LogP contribution in [0.3, 0.4) is 0 Å². The molecule has 2 N–H and O–H groups in total. The van der Waals surface area contributed by atoms with Crippen LogP contribution in [0.15, 0.2) is 24.3 Å². The third kappa shape index (κ3) is 4.56. The van der Waals surface area contributed by atoms with Crippen molar-refractivity contribution in [1.82, 2.24) is 5.32 Å². The zero-order chi connectivity index (χ0) is 14.3. The molecule has 0 bridgehead atoms. The van der Waals surface area contributed by atoms with Crippen molar-refractivity contribution >= 4 is 5.97 Å². The van der Waals surface area contributed by atoms with E-state index in [0.717, 1.165) is 17.7 Å². The Bertz CT molecular complexity index is 420. The summed E-state index contributed by atoms with van der Waals surface area (Å²) in [6.07, 6.45) is 1.43. The molecule has 0 aliphatic carbocycles. The summed E-state index contributed by atoms with van der Waals surface area (Å²) in [5.41, 5.74) is 0.144. The van der Waals surface area contributed by atoms with Crippen LogP contribution in [-0.2, 0) is 11.3 Å². The summed E-state index contributed by atoms with van der Waals surface area (Å²) in [6, 6.07) is 7.71. The Labute approximate surface area is 114 Å². The molecule has 1 rings (SSSR count). The number of carboxylic acid groups (broad SMARTS) is 1. The van der Waals surface area contributed by atoms with Crippen molar-refractivity contribution in [1.29, 1.82) is 0 Å². The van der Waals surface area contributed by atoms with Gasteiger partial charge in [0.05, 0.1) is 6.61 Å². The molecule has 0 spiro atoms. The van der Waals surface area contributed by atoms with Crippen LogP contribution in [0, 0.1) is 0 Å². The molecule has 1 aromatic carbocycles. The number of hydrogen-bond donors (Lipinski definition) is 2. The van der Waals surface area contributed by atoms with Gasteiger partial charge in [-0.25, -0.2) is 0 Å². The van der Waals surface area contributed by atoms with Crippen LogP contribution in [0.2, 0.25) is 0 Å². The fourth-order valence-electron chi connectivity index (χ4n) is 1.98. The van der Waals surface area contributed by atoms with Gasteiger partial charge in [0.15, 0.2) is 0 Å². The highest BCUT2D eigenvalue weighted by atomic mass is 16.5. The zero-order valence-electron chi connectivity index (χ0n) is 11.9. The highest BCUT2D eigenvalue weighted by molar-refractivity contribution is 5.78. The van der Waals surface area contributed by atoms with Crippen LogP contribution in [0.4, 0.5) is 0 Å². The van der Waals surface area contributed by atoms with E-state index in [-0.39, 0.29) is 0 Å². The van der Waals surface area contributed by atoms with E-state index in [0.29, 0.717) is 19.6 Å². The molecular weight excluding hydrogens is 242 g/mol. The van der Waals surface area contributed by atoms with Crippen molar-refractivity contribution in [3.8, 4) is 5.75 Å². The average molecular weight is 265 g/mol. The maximum absolute atomic E-state index is 11.3. The van der Waals surface area contributed by atoms with Crippen molar-refractivity contribution in [3.05, 3.63) is 29.8 Å². The Balaban J connectivity index is 2.69. The van der Waals surface area contributed by atoms with Gasteiger partial charge in [0.25, 0.3) is 0 Å². The molecule has 1 aromatic rings. The Morgan fingerprint density at radius 2 is 2.16 bits per heavy atom. The largest absolute Gasteiger partial charge is 0.494 e. The van der Waals surface area contributed by atoms with E-state index < -0.39 is 11.5 Å². The number of nitrogens with one attached hydrogen (secondary N) is 1. The van der Waals surface area contributed by atoms with Gasteiger partial charge in [-0.3, -0.25) is 10.1 Å². The van der Waals surface area contributed by atoms with E-state index in [2.05, 4.69) is 5.32 Å². The predicted octanol–water partition coefficient (Wildman–Crippen LogP) is 2.82. The number of benzene rings is 1. The van der Waals surface area contributed by atoms with Gasteiger partial charge in [-0.1, -0.05) is 25.5 Å². The maximum atomic E-state index is 11.3. The molecule has 0 saturated carbocycles. The molecule has 0 aliphatic rings. The molecular formula is C15H23NO3. The van der Waals surface area contributed by atoms with Crippen LogP contribution >= 0.6 is 0 Å². The molecule has 1 atom stereocenters. The van der Waals surface area contributed by atoms with Gasteiger partial charge < -0.3 is 9.84 Å². The van der Waals surface area contributed by atoms with E-state index in [4.69, 9.17) is 4.74 Å². The van der Waals surface area contributed by atoms with Gasteiger partial charge in [0, 0.05) is 6.54 Å². The first-order valence-electron chi connectivity index (χ1n) is 6.72. The number of aliphatic carboxylic acids is 1. The molecule has 0 aliphatic heterocycles. The second-order valence-corrected chi connectivity index (χ2v) is 4.82. The average Bonchev–Trinajstić information content (AvgIpc) is 2.37. The number of hydrogen-bond acceptors (Lipinski definition) is 3. The van der Waals surface area contributed by atoms with Crippen LogP contribution in [0.5, 0.6) is 5.75 Å². The normalized spacial score (nSPS) is 13.8. The van der Waals surface area contributed by atoms with Crippen molar-refractivity contribution in [2.24, 2.45) is 0 Å². The summed E-state index contributed by atoms with van der Waals surface area (Å²) in [5, 5.41) is 12.4. The Kier molecular flexibility index (Phi) is 5.83. The lowest BCUT2D eigenvalue weighted by Gasteiger charge is -2.26. The fraction of sp³-hybridized carbons (Fsp3) is 0.533. The highest BCUT2D eigenvalue weighted by Crippen LogP contribution is 2.16. The van der Waals surface area contributed by atoms with E-state index in [1.165, 1.54) is 0 Å². The minimum absolute atomic E-state index is 0.518. The SMILES string of the molecule is CCCC(C)(NCc1cccc(OCC)c1)C(=O)O. The van der Waals surface area contributed by atoms with Gasteiger partial charge >= 0.3 is 5.97 Å². The van der Waals surface area contributed by atoms with Crippen LogP contribution in [0.25, 0.3) is 0 Å². The molecule has 4 heteroatoms. The Morgan fingerprint density at radius 3 is 2.74 bits per heavy atom. The second-order valence-electron chi connectivity index (χ2n) is 4.82. The highest BCUT2D eigenvalue weighted by Gasteiger charge is 2.31. The van der Waals surface area contributed by atoms with Crippen LogP contribution in [0.1, 0.15) is 39.2 Å². The molecule has 19 heavy (non-hydrogen) atoms. The van der Waals surface area contributed by atoms with Crippen LogP contribution < -0.4 is 10.1 Å². The Morgan fingerprint density at radius 1 is 1.42 bits per heavy atom. The quantitative estimate of drug-likeness (QED) is 0.759. The summed E-state index contributed by atoms with van der Waals surface area (Å²) >= 11 is 0.